The molecule has 2 atom stereocenters. The average molecular weight is 411 g/mol. The van der Waals surface area contributed by atoms with Crippen LogP contribution in [0.1, 0.15) is 25.2 Å². The third-order valence-electron chi connectivity index (χ3n) is 2.79. The van der Waals surface area contributed by atoms with Gasteiger partial charge >= 0.3 is 16.8 Å². The largest absolute Gasteiger partial charge is 3.00 e. The maximum Gasteiger partial charge on any atom is 3.00 e. The van der Waals surface area contributed by atoms with Crippen molar-refractivity contribution < 1.29 is 63.5 Å². The van der Waals surface area contributed by atoms with Gasteiger partial charge in [0.15, 0.2) is 0 Å². The zero-order chi connectivity index (χ0) is 12.5. The minimum Gasteiger partial charge on any atom is -1.00 e. The Labute approximate surface area is 158 Å². The van der Waals surface area contributed by atoms with Crippen LogP contribution in [0.2, 0.25) is 0 Å². The van der Waals surface area contributed by atoms with E-state index in [1.165, 1.54) is 0 Å². The number of aromatic nitrogens is 1. The van der Waals surface area contributed by atoms with Crippen LogP contribution in [0.3, 0.4) is 0 Å². The molecular formula is C13H15Cl3CoN3O2. The zero-order valence-electron chi connectivity index (χ0n) is 11.9. The van der Waals surface area contributed by atoms with Gasteiger partial charge < -0.3 is 46.7 Å². The first-order valence-electron chi connectivity index (χ1n) is 6.11. The van der Waals surface area contributed by atoms with Gasteiger partial charge in [0.25, 0.3) is 0 Å². The molecule has 0 spiro atoms. The Hall–Kier alpha value is -0.534. The van der Waals surface area contributed by atoms with Crippen molar-refractivity contribution in [2.45, 2.75) is 25.9 Å². The molecule has 0 fully saturated rings. The minimum atomic E-state index is 0. The first kappa shape index (κ1) is 23.7. The van der Waals surface area contributed by atoms with Crippen LogP contribution in [0.15, 0.2) is 28.2 Å². The molecule has 0 amide bonds. The van der Waals surface area contributed by atoms with Gasteiger partial charge in [-0.1, -0.05) is 6.07 Å². The maximum absolute atomic E-state index is 5.50. The summed E-state index contributed by atoms with van der Waals surface area (Å²) in [4.78, 5) is 13.3. The Morgan fingerprint density at radius 1 is 0.864 bits per heavy atom. The third-order valence-corrected chi connectivity index (χ3v) is 2.79. The van der Waals surface area contributed by atoms with E-state index in [0.29, 0.717) is 25.0 Å². The van der Waals surface area contributed by atoms with E-state index in [9.17, 15) is 0 Å². The van der Waals surface area contributed by atoms with Gasteiger partial charge in [0, 0.05) is 0 Å². The van der Waals surface area contributed by atoms with Crippen molar-refractivity contribution in [3.63, 3.8) is 0 Å². The molecule has 0 saturated carbocycles. The Balaban J connectivity index is 0. The first-order valence-corrected chi connectivity index (χ1v) is 6.11. The van der Waals surface area contributed by atoms with Crippen LogP contribution in [0, 0.1) is 0 Å². The number of hydrogen-bond donors (Lipinski definition) is 0. The van der Waals surface area contributed by atoms with Gasteiger partial charge in [0.05, 0.1) is 12.1 Å². The third kappa shape index (κ3) is 5.28. The zero-order valence-corrected chi connectivity index (χ0v) is 15.2. The van der Waals surface area contributed by atoms with E-state index in [1.54, 1.807) is 0 Å². The van der Waals surface area contributed by atoms with Gasteiger partial charge in [-0.05, 0) is 26.0 Å². The number of aliphatic imine (C=N–C) groups is 2. The number of halogens is 3. The van der Waals surface area contributed by atoms with Crippen molar-refractivity contribution in [3.05, 3.63) is 29.6 Å². The van der Waals surface area contributed by atoms with Gasteiger partial charge in [-0.25, -0.2) is 15.0 Å². The van der Waals surface area contributed by atoms with Crippen LogP contribution in [0.4, 0.5) is 0 Å². The molecule has 1 aromatic heterocycles. The van der Waals surface area contributed by atoms with Crippen LogP contribution in [0.5, 0.6) is 0 Å². The molecule has 3 rings (SSSR count). The smallest absolute Gasteiger partial charge is 1.00 e. The predicted molar refractivity (Wildman–Crippen MR) is 68.1 cm³/mol. The number of ether oxygens (including phenoxy) is 2. The second kappa shape index (κ2) is 10.3. The molecule has 2 aliphatic heterocycles. The van der Waals surface area contributed by atoms with Crippen molar-refractivity contribution >= 4 is 11.8 Å². The fourth-order valence-electron chi connectivity index (χ4n) is 1.90. The molecule has 9 heteroatoms. The summed E-state index contributed by atoms with van der Waals surface area (Å²) in [5.74, 6) is 1.21. The summed E-state index contributed by atoms with van der Waals surface area (Å²) < 4.78 is 11.0. The molecule has 2 unspecified atom stereocenters. The second-order valence-corrected chi connectivity index (χ2v) is 4.60. The molecule has 0 saturated heterocycles. The van der Waals surface area contributed by atoms with Crippen molar-refractivity contribution in [1.82, 2.24) is 4.98 Å². The van der Waals surface area contributed by atoms with E-state index in [-0.39, 0.29) is 66.1 Å². The standard InChI is InChI=1S/C13H15N3O2.3ClH.Co/c1-8-6-17-12(14-8)10-4-3-5-11(16-10)13-15-9(2)7-18-13;;;;/h3-5,8-9H,6-7H2,1-2H3;3*1H;/q;;;;+3/p-3. The summed E-state index contributed by atoms with van der Waals surface area (Å²) in [5.41, 5.74) is 1.48. The Morgan fingerprint density at radius 2 is 1.27 bits per heavy atom. The molecule has 5 nitrogen and oxygen atoms in total. The molecule has 2 aliphatic rings. The molecule has 1 aromatic rings. The second-order valence-electron chi connectivity index (χ2n) is 4.60. The first-order chi connectivity index (χ1) is 8.72. The van der Waals surface area contributed by atoms with E-state index >= 15 is 0 Å². The van der Waals surface area contributed by atoms with E-state index in [0.717, 1.165) is 11.4 Å². The van der Waals surface area contributed by atoms with Crippen molar-refractivity contribution in [2.75, 3.05) is 13.2 Å². The van der Waals surface area contributed by atoms with Gasteiger partial charge in [-0.3, -0.25) is 0 Å². The van der Waals surface area contributed by atoms with Gasteiger partial charge in [0.2, 0.25) is 11.8 Å². The van der Waals surface area contributed by atoms with Gasteiger partial charge in [-0.15, -0.1) is 0 Å². The summed E-state index contributed by atoms with van der Waals surface area (Å²) in [6, 6.07) is 6.09. The normalized spacial score (nSPS) is 21.5. The molecule has 0 N–H and O–H groups in total. The number of hydrogen-bond acceptors (Lipinski definition) is 5. The van der Waals surface area contributed by atoms with Crippen molar-refractivity contribution in [1.29, 1.82) is 0 Å². The summed E-state index contributed by atoms with van der Waals surface area (Å²) in [6.45, 7) is 5.27. The quantitative estimate of drug-likeness (QED) is 0.487. The molecule has 3 heterocycles. The number of nitrogens with zero attached hydrogens (tertiary/aromatic N) is 3. The van der Waals surface area contributed by atoms with Crippen LogP contribution < -0.4 is 37.2 Å². The molecule has 0 aromatic carbocycles. The van der Waals surface area contributed by atoms with E-state index in [2.05, 4.69) is 15.0 Å². The molecule has 0 bridgehead atoms. The minimum absolute atomic E-state index is 0. The number of pyridine rings is 1. The van der Waals surface area contributed by atoms with Crippen LogP contribution in [-0.2, 0) is 26.3 Å². The Morgan fingerprint density at radius 3 is 1.59 bits per heavy atom. The van der Waals surface area contributed by atoms with Crippen molar-refractivity contribution in [3.8, 4) is 0 Å². The molecule has 22 heavy (non-hydrogen) atoms. The predicted octanol–water partition coefficient (Wildman–Crippen LogP) is -7.58. The Kier molecular flexibility index (Phi) is 11.1. The topological polar surface area (TPSA) is 56.1 Å². The fourth-order valence-corrected chi connectivity index (χ4v) is 1.90. The van der Waals surface area contributed by atoms with E-state index in [1.807, 2.05) is 32.0 Å². The maximum atomic E-state index is 5.50. The molecule has 0 radical (unpaired) electrons. The molecular weight excluding hydrogens is 395 g/mol. The molecule has 124 valence electrons. The summed E-state index contributed by atoms with van der Waals surface area (Å²) >= 11 is 0. The number of rotatable bonds is 2. The van der Waals surface area contributed by atoms with Crippen molar-refractivity contribution in [2.24, 2.45) is 9.98 Å². The van der Waals surface area contributed by atoms with Crippen LogP contribution in [0.25, 0.3) is 0 Å². The van der Waals surface area contributed by atoms with E-state index < -0.39 is 0 Å². The monoisotopic (exact) mass is 409 g/mol. The fraction of sp³-hybridized carbons (Fsp3) is 0.462. The summed E-state index contributed by atoms with van der Waals surface area (Å²) in [7, 11) is 0. The molecule has 0 aliphatic carbocycles. The SMILES string of the molecule is CC1COC(c2cccc(C3=NC(C)CO3)n2)=N1.[Cl-].[Cl-].[Cl-].[Co+3]. The van der Waals surface area contributed by atoms with E-state index in [4.69, 9.17) is 9.47 Å². The van der Waals surface area contributed by atoms with Gasteiger partial charge in [-0.2, -0.15) is 0 Å². The average Bonchev–Trinajstić information content (AvgIpc) is 2.98. The Bertz CT molecular complexity index is 500. The summed E-state index contributed by atoms with van der Waals surface area (Å²) in [6.07, 6.45) is 0. The van der Waals surface area contributed by atoms with Crippen LogP contribution >= 0.6 is 0 Å². The van der Waals surface area contributed by atoms with Gasteiger partial charge in [0.1, 0.15) is 24.6 Å². The van der Waals surface area contributed by atoms with Crippen LogP contribution in [-0.4, -0.2) is 42.1 Å². The summed E-state index contributed by atoms with van der Waals surface area (Å²) in [5, 5.41) is 0.